The molecular weight excluding hydrogens is 262 g/mol. The zero-order valence-corrected chi connectivity index (χ0v) is 11.5. The molecule has 0 aliphatic rings. The van der Waals surface area contributed by atoms with E-state index in [2.05, 4.69) is 25.3 Å². The lowest BCUT2D eigenvalue weighted by Crippen LogP contribution is -2.08. The Morgan fingerprint density at radius 1 is 0.905 bits per heavy atom. The van der Waals surface area contributed by atoms with Crippen LogP contribution in [0.25, 0.3) is 11.3 Å². The number of pyridine rings is 2. The molecule has 21 heavy (non-hydrogen) atoms. The van der Waals surface area contributed by atoms with Crippen molar-refractivity contribution in [3.05, 3.63) is 66.9 Å². The highest BCUT2D eigenvalue weighted by molar-refractivity contribution is 5.58. The van der Waals surface area contributed by atoms with Crippen molar-refractivity contribution in [2.75, 3.05) is 11.9 Å². The van der Waals surface area contributed by atoms with Gasteiger partial charge in [0.15, 0.2) is 0 Å². The van der Waals surface area contributed by atoms with Crippen LogP contribution in [-0.2, 0) is 6.42 Å². The first-order valence-electron chi connectivity index (χ1n) is 6.79. The highest BCUT2D eigenvalue weighted by Crippen LogP contribution is 2.15. The van der Waals surface area contributed by atoms with Crippen LogP contribution in [0.2, 0.25) is 0 Å². The van der Waals surface area contributed by atoms with Crippen LogP contribution in [0.1, 0.15) is 5.69 Å². The molecule has 3 aromatic heterocycles. The van der Waals surface area contributed by atoms with E-state index >= 15 is 0 Å². The predicted octanol–water partition coefficient (Wildman–Crippen LogP) is 2.59. The number of nitrogens with zero attached hydrogens (tertiary/aromatic N) is 4. The Kier molecular flexibility index (Phi) is 4.12. The van der Waals surface area contributed by atoms with E-state index in [1.165, 1.54) is 0 Å². The highest BCUT2D eigenvalue weighted by atomic mass is 15.1. The molecule has 3 aromatic rings. The summed E-state index contributed by atoms with van der Waals surface area (Å²) in [5.74, 6) is 0.618. The fourth-order valence-corrected chi connectivity index (χ4v) is 1.97. The molecule has 1 N–H and O–H groups in total. The molecule has 0 amide bonds. The maximum absolute atomic E-state index is 4.49. The van der Waals surface area contributed by atoms with Crippen molar-refractivity contribution in [3.8, 4) is 11.3 Å². The van der Waals surface area contributed by atoms with Crippen LogP contribution >= 0.6 is 0 Å². The van der Waals surface area contributed by atoms with Gasteiger partial charge in [0.25, 0.3) is 0 Å². The first-order valence-corrected chi connectivity index (χ1v) is 6.79. The summed E-state index contributed by atoms with van der Waals surface area (Å²) in [6, 6.07) is 11.7. The van der Waals surface area contributed by atoms with Crippen LogP contribution in [0.5, 0.6) is 0 Å². The van der Waals surface area contributed by atoms with Crippen molar-refractivity contribution >= 4 is 5.95 Å². The fourth-order valence-electron chi connectivity index (χ4n) is 1.97. The standard InChI is InChI=1S/C16H15N5/c1-2-9-18-14(5-1)6-10-19-16-20-11-7-15(21-16)13-4-3-8-17-12-13/h1-5,7-9,11-12H,6,10H2,(H,19,20,21). The second-order valence-electron chi connectivity index (χ2n) is 4.51. The Hall–Kier alpha value is -2.82. The van der Waals surface area contributed by atoms with Crippen molar-refractivity contribution in [3.63, 3.8) is 0 Å². The normalized spacial score (nSPS) is 10.3. The van der Waals surface area contributed by atoms with Crippen LogP contribution in [0.15, 0.2) is 61.2 Å². The van der Waals surface area contributed by atoms with Crippen molar-refractivity contribution in [2.24, 2.45) is 0 Å². The largest absolute Gasteiger partial charge is 0.354 e. The monoisotopic (exact) mass is 277 g/mol. The maximum atomic E-state index is 4.49. The van der Waals surface area contributed by atoms with Gasteiger partial charge < -0.3 is 5.32 Å². The Labute approximate surface area is 123 Å². The summed E-state index contributed by atoms with van der Waals surface area (Å²) in [7, 11) is 0. The van der Waals surface area contributed by atoms with Gasteiger partial charge in [-0.15, -0.1) is 0 Å². The molecule has 0 saturated carbocycles. The number of hydrogen-bond acceptors (Lipinski definition) is 5. The number of hydrogen-bond donors (Lipinski definition) is 1. The second-order valence-corrected chi connectivity index (χ2v) is 4.51. The molecule has 0 bridgehead atoms. The smallest absolute Gasteiger partial charge is 0.223 e. The van der Waals surface area contributed by atoms with Gasteiger partial charge in [0.05, 0.1) is 5.69 Å². The summed E-state index contributed by atoms with van der Waals surface area (Å²) in [4.78, 5) is 17.1. The van der Waals surface area contributed by atoms with Crippen LogP contribution in [-0.4, -0.2) is 26.5 Å². The molecule has 104 valence electrons. The minimum Gasteiger partial charge on any atom is -0.354 e. The molecule has 5 heteroatoms. The van der Waals surface area contributed by atoms with Crippen molar-refractivity contribution in [1.29, 1.82) is 0 Å². The summed E-state index contributed by atoms with van der Waals surface area (Å²) in [5, 5.41) is 3.22. The van der Waals surface area contributed by atoms with Gasteiger partial charge >= 0.3 is 0 Å². The van der Waals surface area contributed by atoms with Gasteiger partial charge in [-0.3, -0.25) is 9.97 Å². The predicted molar refractivity (Wildman–Crippen MR) is 81.7 cm³/mol. The van der Waals surface area contributed by atoms with E-state index in [-0.39, 0.29) is 0 Å². The fraction of sp³-hybridized carbons (Fsp3) is 0.125. The first kappa shape index (κ1) is 13.2. The second kappa shape index (κ2) is 6.56. The number of rotatable bonds is 5. The van der Waals surface area contributed by atoms with Gasteiger partial charge in [-0.2, -0.15) is 0 Å². The van der Waals surface area contributed by atoms with E-state index in [0.717, 1.165) is 29.9 Å². The molecule has 0 fully saturated rings. The van der Waals surface area contributed by atoms with E-state index in [0.29, 0.717) is 5.95 Å². The van der Waals surface area contributed by atoms with Gasteiger partial charge in [0.1, 0.15) is 0 Å². The Bertz CT molecular complexity index is 685. The average Bonchev–Trinajstić information content (AvgIpc) is 2.57. The number of anilines is 1. The topological polar surface area (TPSA) is 63.6 Å². The minimum atomic E-state index is 0.618. The Morgan fingerprint density at radius 3 is 2.71 bits per heavy atom. The summed E-state index contributed by atoms with van der Waals surface area (Å²) in [6.07, 6.45) is 7.92. The van der Waals surface area contributed by atoms with Crippen LogP contribution in [0.3, 0.4) is 0 Å². The van der Waals surface area contributed by atoms with Crippen molar-refractivity contribution in [2.45, 2.75) is 6.42 Å². The molecule has 3 rings (SSSR count). The summed E-state index contributed by atoms with van der Waals surface area (Å²) in [6.45, 7) is 0.744. The molecule has 0 aliphatic heterocycles. The number of aromatic nitrogens is 4. The summed E-state index contributed by atoms with van der Waals surface area (Å²) >= 11 is 0. The Morgan fingerprint density at radius 2 is 1.90 bits per heavy atom. The molecule has 0 radical (unpaired) electrons. The molecule has 0 unspecified atom stereocenters. The maximum Gasteiger partial charge on any atom is 0.223 e. The van der Waals surface area contributed by atoms with Gasteiger partial charge in [0, 0.05) is 49.0 Å². The van der Waals surface area contributed by atoms with E-state index in [4.69, 9.17) is 0 Å². The molecule has 0 atom stereocenters. The average molecular weight is 277 g/mol. The molecule has 0 spiro atoms. The van der Waals surface area contributed by atoms with Crippen LogP contribution in [0.4, 0.5) is 5.95 Å². The molecule has 5 nitrogen and oxygen atoms in total. The van der Waals surface area contributed by atoms with Gasteiger partial charge in [-0.1, -0.05) is 6.07 Å². The van der Waals surface area contributed by atoms with Gasteiger partial charge in [-0.25, -0.2) is 9.97 Å². The zero-order chi connectivity index (χ0) is 14.3. The molecular formula is C16H15N5. The lowest BCUT2D eigenvalue weighted by Gasteiger charge is -2.06. The SMILES string of the molecule is c1ccc(CCNc2nccc(-c3cccnc3)n2)nc1. The third-order valence-corrected chi connectivity index (χ3v) is 3.00. The molecule has 3 heterocycles. The van der Waals surface area contributed by atoms with E-state index in [9.17, 15) is 0 Å². The molecule has 0 saturated heterocycles. The van der Waals surface area contributed by atoms with Crippen molar-refractivity contribution in [1.82, 2.24) is 19.9 Å². The molecule has 0 aromatic carbocycles. The third-order valence-electron chi connectivity index (χ3n) is 3.00. The van der Waals surface area contributed by atoms with Crippen molar-refractivity contribution < 1.29 is 0 Å². The summed E-state index contributed by atoms with van der Waals surface area (Å²) in [5.41, 5.74) is 2.89. The third kappa shape index (κ3) is 3.60. The lowest BCUT2D eigenvalue weighted by atomic mass is 10.2. The van der Waals surface area contributed by atoms with Crippen LogP contribution < -0.4 is 5.32 Å². The van der Waals surface area contributed by atoms with E-state index in [1.54, 1.807) is 24.8 Å². The Balaban J connectivity index is 1.64. The first-order chi connectivity index (χ1) is 10.4. The van der Waals surface area contributed by atoms with E-state index < -0.39 is 0 Å². The highest BCUT2D eigenvalue weighted by Gasteiger charge is 2.02. The number of nitrogens with one attached hydrogen (secondary N) is 1. The quantitative estimate of drug-likeness (QED) is 0.776. The minimum absolute atomic E-state index is 0.618. The van der Waals surface area contributed by atoms with Gasteiger partial charge in [-0.05, 0) is 30.3 Å². The molecule has 0 aliphatic carbocycles. The lowest BCUT2D eigenvalue weighted by molar-refractivity contribution is 0.942. The van der Waals surface area contributed by atoms with E-state index in [1.807, 2.05) is 36.4 Å². The zero-order valence-electron chi connectivity index (χ0n) is 11.5. The van der Waals surface area contributed by atoms with Crippen LogP contribution in [0, 0.1) is 0 Å². The van der Waals surface area contributed by atoms with Gasteiger partial charge in [0.2, 0.25) is 5.95 Å². The summed E-state index contributed by atoms with van der Waals surface area (Å²) < 4.78 is 0.